The Morgan fingerprint density at radius 3 is 2.31 bits per heavy atom. The number of hydrogen-bond acceptors (Lipinski definition) is 3. The van der Waals surface area contributed by atoms with Gasteiger partial charge in [-0.05, 0) is 36.8 Å². The Morgan fingerprint density at radius 2 is 1.69 bits per heavy atom. The van der Waals surface area contributed by atoms with E-state index in [1.807, 2.05) is 0 Å². The Labute approximate surface area is 162 Å². The number of benzene rings is 2. The highest BCUT2D eigenvalue weighted by Crippen LogP contribution is 2.33. The van der Waals surface area contributed by atoms with Crippen LogP contribution >= 0.6 is 0 Å². The highest BCUT2D eigenvalue weighted by Gasteiger charge is 2.45. The largest absolute Gasteiger partial charge is 0.396 e. The fourth-order valence-electron chi connectivity index (χ4n) is 2.45. The van der Waals surface area contributed by atoms with Crippen molar-refractivity contribution in [3.63, 3.8) is 0 Å². The lowest BCUT2D eigenvalue weighted by Gasteiger charge is -2.24. The number of alkyl halides is 2. The average Bonchev–Trinajstić information content (AvgIpc) is 2.68. The highest BCUT2D eigenvalue weighted by molar-refractivity contribution is 6.04. The summed E-state index contributed by atoms with van der Waals surface area (Å²) in [6, 6.07) is 4.52. The molecule has 2 aromatic rings. The third kappa shape index (κ3) is 5.08. The zero-order valence-corrected chi connectivity index (χ0v) is 15.2. The summed E-state index contributed by atoms with van der Waals surface area (Å²) in [7, 11) is 1.07. The van der Waals surface area contributed by atoms with Gasteiger partial charge < -0.3 is 15.3 Å². The minimum absolute atomic E-state index is 0.0531. The molecule has 2 rings (SSSR count). The molecule has 2 amide bonds. The average molecular weight is 416 g/mol. The lowest BCUT2D eigenvalue weighted by atomic mass is 10.0. The molecule has 0 radical (unpaired) electrons. The van der Waals surface area contributed by atoms with E-state index >= 15 is 0 Å². The van der Waals surface area contributed by atoms with Gasteiger partial charge in [0.15, 0.2) is 11.6 Å². The summed E-state index contributed by atoms with van der Waals surface area (Å²) >= 11 is 0. The van der Waals surface area contributed by atoms with Gasteiger partial charge in [0, 0.05) is 37.5 Å². The molecule has 0 aromatic heterocycles. The van der Waals surface area contributed by atoms with Gasteiger partial charge in [-0.1, -0.05) is 0 Å². The van der Waals surface area contributed by atoms with Crippen molar-refractivity contribution in [1.82, 2.24) is 4.90 Å². The van der Waals surface area contributed by atoms with E-state index in [1.54, 1.807) is 0 Å². The standard InChI is InChI=1S/C19H17F5N2O3/c1-26(7-2-8-27)18(29)19(23,24)13-9-11(3-5-14(13)20)17(28)25-12-4-6-15(21)16(22)10-12/h3-6,9-10,27H,2,7-8H2,1H3,(H,25,28). The van der Waals surface area contributed by atoms with E-state index in [-0.39, 0.29) is 25.3 Å². The van der Waals surface area contributed by atoms with Gasteiger partial charge in [-0.15, -0.1) is 0 Å². The van der Waals surface area contributed by atoms with Crippen LogP contribution in [0.4, 0.5) is 27.6 Å². The molecular formula is C19H17F5N2O3. The molecule has 0 unspecified atom stereocenters. The van der Waals surface area contributed by atoms with Gasteiger partial charge in [0.2, 0.25) is 0 Å². The van der Waals surface area contributed by atoms with E-state index in [0.29, 0.717) is 23.1 Å². The molecule has 0 heterocycles. The molecule has 10 heteroatoms. The minimum atomic E-state index is -4.27. The maximum absolute atomic E-state index is 14.5. The third-order valence-electron chi connectivity index (χ3n) is 4.01. The number of carbonyl (C=O) groups excluding carboxylic acids is 2. The normalized spacial score (nSPS) is 11.3. The molecule has 0 aliphatic carbocycles. The number of amides is 2. The Kier molecular flexibility index (Phi) is 6.91. The summed E-state index contributed by atoms with van der Waals surface area (Å²) in [6.45, 7) is -0.500. The molecule has 0 saturated heterocycles. The Balaban J connectivity index is 2.29. The van der Waals surface area contributed by atoms with Crippen LogP contribution in [0.2, 0.25) is 0 Å². The SMILES string of the molecule is CN(CCCO)C(=O)C(F)(F)c1cc(C(=O)Nc2ccc(F)c(F)c2)ccc1F. The van der Waals surface area contributed by atoms with Gasteiger partial charge >= 0.3 is 5.92 Å². The van der Waals surface area contributed by atoms with Gasteiger partial charge in [-0.25, -0.2) is 13.2 Å². The third-order valence-corrected chi connectivity index (χ3v) is 4.01. The molecule has 0 saturated carbocycles. The number of nitrogens with zero attached hydrogens (tertiary/aromatic N) is 1. The molecule has 0 aliphatic rings. The second-order valence-corrected chi connectivity index (χ2v) is 6.16. The van der Waals surface area contributed by atoms with Gasteiger partial charge in [-0.2, -0.15) is 8.78 Å². The van der Waals surface area contributed by atoms with Crippen molar-refractivity contribution in [3.8, 4) is 0 Å². The number of likely N-dealkylation sites (N-methyl/N-ethyl adjacent to an activating group) is 1. The maximum Gasteiger partial charge on any atom is 0.352 e. The summed E-state index contributed by atoms with van der Waals surface area (Å²) < 4.78 is 69.3. The summed E-state index contributed by atoms with van der Waals surface area (Å²) in [4.78, 5) is 24.9. The van der Waals surface area contributed by atoms with E-state index in [0.717, 1.165) is 25.2 Å². The summed E-state index contributed by atoms with van der Waals surface area (Å²) in [5.74, 6) is -10.7. The van der Waals surface area contributed by atoms with E-state index in [2.05, 4.69) is 5.32 Å². The molecule has 0 bridgehead atoms. The summed E-state index contributed by atoms with van der Waals surface area (Å²) in [5, 5.41) is 10.9. The molecule has 2 N–H and O–H groups in total. The lowest BCUT2D eigenvalue weighted by Crippen LogP contribution is -2.40. The lowest BCUT2D eigenvalue weighted by molar-refractivity contribution is -0.158. The smallest absolute Gasteiger partial charge is 0.352 e. The van der Waals surface area contributed by atoms with Crippen molar-refractivity contribution < 1.29 is 36.6 Å². The molecule has 0 fully saturated rings. The van der Waals surface area contributed by atoms with E-state index in [1.165, 1.54) is 0 Å². The first kappa shape index (κ1) is 22.3. The monoisotopic (exact) mass is 416 g/mol. The van der Waals surface area contributed by atoms with Crippen LogP contribution in [0, 0.1) is 17.5 Å². The second kappa shape index (κ2) is 8.99. The van der Waals surface area contributed by atoms with E-state index in [9.17, 15) is 31.5 Å². The van der Waals surface area contributed by atoms with Crippen LogP contribution in [0.15, 0.2) is 36.4 Å². The zero-order chi connectivity index (χ0) is 21.8. The molecular weight excluding hydrogens is 399 g/mol. The Bertz CT molecular complexity index is 921. The molecule has 29 heavy (non-hydrogen) atoms. The van der Waals surface area contributed by atoms with Crippen LogP contribution in [0.5, 0.6) is 0 Å². The van der Waals surface area contributed by atoms with Crippen molar-refractivity contribution in [2.45, 2.75) is 12.3 Å². The fourth-order valence-corrected chi connectivity index (χ4v) is 2.45. The summed E-state index contributed by atoms with van der Waals surface area (Å²) in [6.07, 6.45) is 0.0531. The zero-order valence-electron chi connectivity index (χ0n) is 15.2. The van der Waals surface area contributed by atoms with Crippen molar-refractivity contribution >= 4 is 17.5 Å². The molecule has 5 nitrogen and oxygen atoms in total. The fraction of sp³-hybridized carbons (Fsp3) is 0.263. The Hall–Kier alpha value is -3.01. The highest BCUT2D eigenvalue weighted by atomic mass is 19.3. The van der Waals surface area contributed by atoms with Gasteiger partial charge in [0.05, 0.1) is 5.56 Å². The van der Waals surface area contributed by atoms with Gasteiger partial charge in [-0.3, -0.25) is 9.59 Å². The van der Waals surface area contributed by atoms with Crippen LogP contribution < -0.4 is 5.32 Å². The first-order chi connectivity index (χ1) is 13.6. The topological polar surface area (TPSA) is 69.6 Å². The van der Waals surface area contributed by atoms with Crippen molar-refractivity contribution in [2.24, 2.45) is 0 Å². The van der Waals surface area contributed by atoms with Crippen LogP contribution in [0.1, 0.15) is 22.3 Å². The van der Waals surface area contributed by atoms with Crippen LogP contribution in [0.25, 0.3) is 0 Å². The molecule has 156 valence electrons. The number of halogens is 5. The quantitative estimate of drug-likeness (QED) is 0.681. The van der Waals surface area contributed by atoms with E-state index in [4.69, 9.17) is 5.11 Å². The number of hydrogen-bond donors (Lipinski definition) is 2. The second-order valence-electron chi connectivity index (χ2n) is 6.16. The number of rotatable bonds is 7. The predicted octanol–water partition coefficient (Wildman–Crippen LogP) is 3.29. The van der Waals surface area contributed by atoms with Gasteiger partial charge in [0.25, 0.3) is 11.8 Å². The first-order valence-electron chi connectivity index (χ1n) is 8.38. The molecule has 0 atom stereocenters. The minimum Gasteiger partial charge on any atom is -0.396 e. The predicted molar refractivity (Wildman–Crippen MR) is 93.9 cm³/mol. The number of aliphatic hydroxyl groups is 1. The molecule has 0 spiro atoms. The van der Waals surface area contributed by atoms with Crippen LogP contribution in [-0.4, -0.2) is 42.0 Å². The maximum atomic E-state index is 14.5. The first-order valence-corrected chi connectivity index (χ1v) is 8.38. The van der Waals surface area contributed by atoms with E-state index < -0.39 is 46.3 Å². The Morgan fingerprint density at radius 1 is 1.03 bits per heavy atom. The van der Waals surface area contributed by atoms with Crippen LogP contribution in [0.3, 0.4) is 0 Å². The number of carbonyl (C=O) groups is 2. The number of aliphatic hydroxyl groups excluding tert-OH is 1. The molecule has 2 aromatic carbocycles. The number of nitrogens with one attached hydrogen (secondary N) is 1. The van der Waals surface area contributed by atoms with Gasteiger partial charge in [0.1, 0.15) is 5.82 Å². The van der Waals surface area contributed by atoms with Crippen molar-refractivity contribution in [1.29, 1.82) is 0 Å². The molecule has 0 aliphatic heterocycles. The van der Waals surface area contributed by atoms with Crippen molar-refractivity contribution in [2.75, 3.05) is 25.5 Å². The van der Waals surface area contributed by atoms with Crippen molar-refractivity contribution in [3.05, 3.63) is 65.0 Å². The number of anilines is 1. The van der Waals surface area contributed by atoms with Crippen LogP contribution in [-0.2, 0) is 10.7 Å². The summed E-state index contributed by atoms with van der Waals surface area (Å²) in [5.41, 5.74) is -1.88.